The molecule has 108 valence electrons. The Labute approximate surface area is 129 Å². The van der Waals surface area contributed by atoms with E-state index in [-0.39, 0.29) is 5.54 Å². The molecule has 0 radical (unpaired) electrons. The van der Waals surface area contributed by atoms with Gasteiger partial charge in [-0.15, -0.1) is 0 Å². The van der Waals surface area contributed by atoms with Gasteiger partial charge in [-0.2, -0.15) is 5.10 Å². The van der Waals surface area contributed by atoms with Gasteiger partial charge in [-0.05, 0) is 39.8 Å². The number of aryl methyl sites for hydroxylation is 1. The molecule has 1 N–H and O–H groups in total. The Morgan fingerprint density at radius 3 is 2.45 bits per heavy atom. The fourth-order valence-corrected chi connectivity index (χ4v) is 1.93. The first-order valence-corrected chi connectivity index (χ1v) is 7.14. The molecule has 2 heterocycles. The van der Waals surface area contributed by atoms with Gasteiger partial charge in [0.25, 0.3) is 0 Å². The molecule has 0 fully saturated rings. The van der Waals surface area contributed by atoms with Crippen LogP contribution in [0.5, 0.6) is 0 Å². The Balaban J connectivity index is 2.28. The summed E-state index contributed by atoms with van der Waals surface area (Å²) in [5.74, 6) is 0.704. The van der Waals surface area contributed by atoms with Crippen LogP contribution in [0.15, 0.2) is 18.3 Å². The highest BCUT2D eigenvalue weighted by atomic mass is 35.5. The molecule has 0 atom stereocenters. The second-order valence-corrected chi connectivity index (χ2v) is 6.52. The Morgan fingerprint density at radius 1 is 1.20 bits per heavy atom. The lowest BCUT2D eigenvalue weighted by Crippen LogP contribution is -2.35. The summed E-state index contributed by atoms with van der Waals surface area (Å²) in [5, 5.41) is 8.95. The molecule has 0 saturated carbocycles. The van der Waals surface area contributed by atoms with Crippen LogP contribution in [0.3, 0.4) is 0 Å². The van der Waals surface area contributed by atoms with Gasteiger partial charge in [-0.25, -0.2) is 9.67 Å². The largest absolute Gasteiger partial charge is 0.306 e. The first kappa shape index (κ1) is 15.3. The lowest BCUT2D eigenvalue weighted by molar-refractivity contribution is 0.421. The van der Waals surface area contributed by atoms with Gasteiger partial charge in [0.05, 0.1) is 27.6 Å². The van der Waals surface area contributed by atoms with Crippen molar-refractivity contribution in [2.75, 3.05) is 0 Å². The molecule has 2 aromatic heterocycles. The van der Waals surface area contributed by atoms with Crippen LogP contribution in [0.25, 0.3) is 5.82 Å². The smallest absolute Gasteiger partial charge is 0.153 e. The Hall–Kier alpha value is -1.10. The molecular weight excluding hydrogens is 295 g/mol. The van der Waals surface area contributed by atoms with Crippen molar-refractivity contribution in [3.05, 3.63) is 39.8 Å². The fraction of sp³-hybridized carbons (Fsp3) is 0.429. The van der Waals surface area contributed by atoms with Crippen LogP contribution in [-0.4, -0.2) is 20.3 Å². The van der Waals surface area contributed by atoms with Gasteiger partial charge in [-0.3, -0.25) is 0 Å². The molecule has 0 unspecified atom stereocenters. The van der Waals surface area contributed by atoms with E-state index in [1.54, 1.807) is 10.9 Å². The SMILES string of the molecule is Cc1nn(-c2ccc(Cl)c(CNC(C)(C)C)n2)cc1Cl. The van der Waals surface area contributed by atoms with E-state index >= 15 is 0 Å². The number of pyridine rings is 1. The number of nitrogens with zero attached hydrogens (tertiary/aromatic N) is 3. The highest BCUT2D eigenvalue weighted by Gasteiger charge is 2.12. The van der Waals surface area contributed by atoms with E-state index in [1.807, 2.05) is 19.1 Å². The number of nitrogens with one attached hydrogen (secondary N) is 1. The lowest BCUT2D eigenvalue weighted by atomic mass is 10.1. The number of halogens is 2. The van der Waals surface area contributed by atoms with Crippen LogP contribution in [0.1, 0.15) is 32.2 Å². The maximum atomic E-state index is 6.19. The molecule has 2 rings (SSSR count). The Kier molecular flexibility index (Phi) is 4.37. The summed E-state index contributed by atoms with van der Waals surface area (Å²) in [7, 11) is 0. The number of rotatable bonds is 3. The summed E-state index contributed by atoms with van der Waals surface area (Å²) in [6, 6.07) is 3.65. The zero-order chi connectivity index (χ0) is 14.9. The van der Waals surface area contributed by atoms with E-state index in [4.69, 9.17) is 23.2 Å². The number of hydrogen-bond donors (Lipinski definition) is 1. The van der Waals surface area contributed by atoms with Crippen LogP contribution in [0, 0.1) is 6.92 Å². The van der Waals surface area contributed by atoms with Crippen molar-refractivity contribution < 1.29 is 0 Å². The van der Waals surface area contributed by atoms with E-state index in [0.717, 1.165) is 11.4 Å². The van der Waals surface area contributed by atoms with E-state index in [2.05, 4.69) is 36.2 Å². The molecule has 0 saturated heterocycles. The second kappa shape index (κ2) is 5.72. The van der Waals surface area contributed by atoms with Gasteiger partial charge >= 0.3 is 0 Å². The fourth-order valence-electron chi connectivity index (χ4n) is 1.63. The molecule has 4 nitrogen and oxygen atoms in total. The molecule has 0 aliphatic carbocycles. The van der Waals surface area contributed by atoms with Crippen molar-refractivity contribution in [3.8, 4) is 5.82 Å². The summed E-state index contributed by atoms with van der Waals surface area (Å²) in [6.07, 6.45) is 1.74. The molecule has 0 bridgehead atoms. The maximum absolute atomic E-state index is 6.19. The average Bonchev–Trinajstić information content (AvgIpc) is 2.67. The standard InChI is InChI=1S/C14H18Cl2N4/c1-9-11(16)8-20(19-9)13-6-5-10(15)12(18-13)7-17-14(2,3)4/h5-6,8,17H,7H2,1-4H3. The van der Waals surface area contributed by atoms with Crippen LogP contribution in [0.4, 0.5) is 0 Å². The average molecular weight is 313 g/mol. The predicted molar refractivity (Wildman–Crippen MR) is 82.7 cm³/mol. The quantitative estimate of drug-likeness (QED) is 0.938. The highest BCUT2D eigenvalue weighted by Crippen LogP contribution is 2.19. The summed E-state index contributed by atoms with van der Waals surface area (Å²) >= 11 is 12.2. The first-order valence-electron chi connectivity index (χ1n) is 6.39. The molecule has 0 aromatic carbocycles. The molecule has 0 spiro atoms. The molecule has 0 amide bonds. The minimum Gasteiger partial charge on any atom is -0.306 e. The third-order valence-electron chi connectivity index (χ3n) is 2.76. The molecule has 20 heavy (non-hydrogen) atoms. The summed E-state index contributed by atoms with van der Waals surface area (Å²) in [5.41, 5.74) is 1.58. The monoisotopic (exact) mass is 312 g/mol. The van der Waals surface area contributed by atoms with E-state index in [1.165, 1.54) is 0 Å². The van der Waals surface area contributed by atoms with Crippen molar-refractivity contribution >= 4 is 23.2 Å². The highest BCUT2D eigenvalue weighted by molar-refractivity contribution is 6.31. The first-order chi connectivity index (χ1) is 9.26. The van der Waals surface area contributed by atoms with E-state index < -0.39 is 0 Å². The van der Waals surface area contributed by atoms with E-state index in [0.29, 0.717) is 22.4 Å². The van der Waals surface area contributed by atoms with Gasteiger partial charge in [0.2, 0.25) is 0 Å². The van der Waals surface area contributed by atoms with Crippen molar-refractivity contribution in [3.63, 3.8) is 0 Å². The molecular formula is C14H18Cl2N4. The van der Waals surface area contributed by atoms with Crippen LogP contribution in [-0.2, 0) is 6.54 Å². The van der Waals surface area contributed by atoms with Crippen LogP contribution >= 0.6 is 23.2 Å². The predicted octanol–water partition coefficient (Wildman–Crippen LogP) is 3.77. The summed E-state index contributed by atoms with van der Waals surface area (Å²) in [4.78, 5) is 4.55. The molecule has 6 heteroatoms. The van der Waals surface area contributed by atoms with Crippen molar-refractivity contribution in [2.45, 2.75) is 39.8 Å². The zero-order valence-electron chi connectivity index (χ0n) is 12.0. The minimum atomic E-state index is 0.00656. The minimum absolute atomic E-state index is 0.00656. The summed E-state index contributed by atoms with van der Waals surface area (Å²) < 4.78 is 1.66. The van der Waals surface area contributed by atoms with Crippen molar-refractivity contribution in [1.82, 2.24) is 20.1 Å². The van der Waals surface area contributed by atoms with Crippen LogP contribution < -0.4 is 5.32 Å². The molecule has 0 aliphatic rings. The third-order valence-corrected chi connectivity index (χ3v) is 3.48. The number of hydrogen-bond acceptors (Lipinski definition) is 3. The van der Waals surface area contributed by atoms with Gasteiger partial charge in [0.15, 0.2) is 5.82 Å². The third kappa shape index (κ3) is 3.72. The Morgan fingerprint density at radius 2 is 1.90 bits per heavy atom. The second-order valence-electron chi connectivity index (χ2n) is 5.71. The van der Waals surface area contributed by atoms with Crippen LogP contribution in [0.2, 0.25) is 10.0 Å². The van der Waals surface area contributed by atoms with E-state index in [9.17, 15) is 0 Å². The normalized spacial score (nSPS) is 11.9. The molecule has 0 aliphatic heterocycles. The maximum Gasteiger partial charge on any atom is 0.153 e. The lowest BCUT2D eigenvalue weighted by Gasteiger charge is -2.20. The molecule has 2 aromatic rings. The van der Waals surface area contributed by atoms with Crippen molar-refractivity contribution in [2.24, 2.45) is 0 Å². The van der Waals surface area contributed by atoms with Crippen molar-refractivity contribution in [1.29, 1.82) is 0 Å². The topological polar surface area (TPSA) is 42.7 Å². The van der Waals surface area contributed by atoms with Gasteiger partial charge in [0, 0.05) is 12.1 Å². The number of aromatic nitrogens is 3. The van der Waals surface area contributed by atoms with Gasteiger partial charge < -0.3 is 5.32 Å². The Bertz CT molecular complexity index is 595. The summed E-state index contributed by atoms with van der Waals surface area (Å²) in [6.45, 7) is 8.76. The van der Waals surface area contributed by atoms with Gasteiger partial charge in [0.1, 0.15) is 0 Å². The zero-order valence-corrected chi connectivity index (χ0v) is 13.5. The van der Waals surface area contributed by atoms with Gasteiger partial charge in [-0.1, -0.05) is 23.2 Å².